The summed E-state index contributed by atoms with van der Waals surface area (Å²) in [6.45, 7) is 5.86. The molecule has 3 atom stereocenters. The molecule has 4 amide bonds. The normalized spacial score (nSPS) is 29.6. The van der Waals surface area contributed by atoms with Gasteiger partial charge in [0, 0.05) is 6.04 Å². The van der Waals surface area contributed by atoms with Gasteiger partial charge in [-0.1, -0.05) is 52.4 Å². The summed E-state index contributed by atoms with van der Waals surface area (Å²) in [7, 11) is 0. The molecule has 0 radical (unpaired) electrons. The fraction of sp³-hybridized carbons (Fsp3) is 0.842. The number of nitrogens with zero attached hydrogens (tertiary/aromatic N) is 1. The van der Waals surface area contributed by atoms with Gasteiger partial charge in [-0.05, 0) is 32.1 Å². The number of hydrogen-bond acceptors (Lipinski definition) is 3. The summed E-state index contributed by atoms with van der Waals surface area (Å²) >= 11 is 0. The lowest BCUT2D eigenvalue weighted by Gasteiger charge is -2.30. The highest BCUT2D eigenvalue weighted by atomic mass is 16.2. The second kappa shape index (κ2) is 8.68. The van der Waals surface area contributed by atoms with E-state index >= 15 is 0 Å². The second-order valence-corrected chi connectivity index (χ2v) is 7.90. The van der Waals surface area contributed by atoms with Crippen LogP contribution in [0.15, 0.2) is 0 Å². The molecule has 0 unspecified atom stereocenters. The molecule has 1 saturated heterocycles. The minimum Gasteiger partial charge on any atom is -0.352 e. The lowest BCUT2D eigenvalue weighted by molar-refractivity contribution is -0.135. The van der Waals surface area contributed by atoms with Gasteiger partial charge in [-0.15, -0.1) is 0 Å². The van der Waals surface area contributed by atoms with Crippen LogP contribution in [0.25, 0.3) is 0 Å². The Hall–Kier alpha value is -1.59. The molecule has 2 aliphatic rings. The van der Waals surface area contributed by atoms with Gasteiger partial charge in [0.2, 0.25) is 5.91 Å². The zero-order chi connectivity index (χ0) is 18.4. The molecule has 2 rings (SSSR count). The number of carbonyl (C=O) groups excluding carboxylic acids is 3. The number of nitrogens with one attached hydrogen (secondary N) is 2. The molecule has 0 aromatic heterocycles. The minimum atomic E-state index is -0.872. The van der Waals surface area contributed by atoms with Crippen LogP contribution < -0.4 is 10.6 Å². The second-order valence-electron chi connectivity index (χ2n) is 7.90. The number of imide groups is 1. The zero-order valence-electron chi connectivity index (χ0n) is 15.9. The number of rotatable bonds is 8. The zero-order valence-corrected chi connectivity index (χ0v) is 15.9. The first kappa shape index (κ1) is 19.7. The summed E-state index contributed by atoms with van der Waals surface area (Å²) in [5.41, 5.74) is -0.872. The molecule has 6 heteroatoms. The molecule has 0 aromatic carbocycles. The Kier molecular flexibility index (Phi) is 6.85. The lowest BCUT2D eigenvalue weighted by atomic mass is 9.86. The molecule has 25 heavy (non-hydrogen) atoms. The van der Waals surface area contributed by atoms with E-state index in [1.807, 2.05) is 0 Å². The minimum absolute atomic E-state index is 0.155. The van der Waals surface area contributed by atoms with Crippen molar-refractivity contribution in [3.8, 4) is 0 Å². The molecule has 1 heterocycles. The van der Waals surface area contributed by atoms with Gasteiger partial charge < -0.3 is 10.6 Å². The number of amides is 4. The third-order valence-corrected chi connectivity index (χ3v) is 5.64. The fourth-order valence-electron chi connectivity index (χ4n) is 3.89. The van der Waals surface area contributed by atoms with E-state index in [1.165, 1.54) is 6.42 Å². The van der Waals surface area contributed by atoms with Gasteiger partial charge in [-0.25, -0.2) is 4.79 Å². The largest absolute Gasteiger partial charge is 0.352 e. The molecule has 1 saturated carbocycles. The first-order valence-corrected chi connectivity index (χ1v) is 9.81. The maximum Gasteiger partial charge on any atom is 0.325 e. The molecule has 2 N–H and O–H groups in total. The standard InChI is InChI=1S/C19H33N3O3/c1-4-5-6-9-12-19(3)17(24)22(18(25)21-19)13-16(23)20-15-11-8-7-10-14(15)2/h14-15H,4-13H2,1-3H3,(H,20,23)(H,21,25)/t14-,15+,19-/m0/s1. The Morgan fingerprint density at radius 1 is 1.24 bits per heavy atom. The Morgan fingerprint density at radius 2 is 1.96 bits per heavy atom. The van der Waals surface area contributed by atoms with Crippen molar-refractivity contribution in [2.75, 3.05) is 6.54 Å². The van der Waals surface area contributed by atoms with Gasteiger partial charge in [0.05, 0.1) is 0 Å². The molecule has 2 fully saturated rings. The molecule has 142 valence electrons. The van der Waals surface area contributed by atoms with Crippen LogP contribution in [0.4, 0.5) is 4.79 Å². The summed E-state index contributed by atoms with van der Waals surface area (Å²) in [5.74, 6) is -0.0667. The van der Waals surface area contributed by atoms with Gasteiger partial charge in [-0.2, -0.15) is 0 Å². The predicted octanol–water partition coefficient (Wildman–Crippen LogP) is 2.96. The van der Waals surface area contributed by atoms with E-state index in [0.29, 0.717) is 12.3 Å². The monoisotopic (exact) mass is 351 g/mol. The third-order valence-electron chi connectivity index (χ3n) is 5.64. The van der Waals surface area contributed by atoms with Crippen LogP contribution in [0.2, 0.25) is 0 Å². The van der Waals surface area contributed by atoms with E-state index in [0.717, 1.165) is 49.8 Å². The summed E-state index contributed by atoms with van der Waals surface area (Å²) in [5, 5.41) is 5.79. The summed E-state index contributed by atoms with van der Waals surface area (Å²) in [4.78, 5) is 38.3. The average Bonchev–Trinajstić information content (AvgIpc) is 2.77. The van der Waals surface area contributed by atoms with Crippen LogP contribution in [0, 0.1) is 5.92 Å². The van der Waals surface area contributed by atoms with E-state index in [9.17, 15) is 14.4 Å². The first-order valence-electron chi connectivity index (χ1n) is 9.81. The van der Waals surface area contributed by atoms with Gasteiger partial charge in [0.25, 0.3) is 5.91 Å². The highest BCUT2D eigenvalue weighted by Crippen LogP contribution is 2.25. The van der Waals surface area contributed by atoms with Crippen LogP contribution in [0.1, 0.15) is 78.6 Å². The molecule has 0 bridgehead atoms. The Labute approximate surface area is 151 Å². The number of carbonyl (C=O) groups is 3. The van der Waals surface area contributed by atoms with Crippen molar-refractivity contribution >= 4 is 17.8 Å². The Bertz CT molecular complexity index is 508. The molecule has 1 aliphatic heterocycles. The van der Waals surface area contributed by atoms with Gasteiger partial charge in [0.15, 0.2) is 0 Å². The van der Waals surface area contributed by atoms with E-state index in [2.05, 4.69) is 24.5 Å². The highest BCUT2D eigenvalue weighted by molar-refractivity contribution is 6.08. The van der Waals surface area contributed by atoms with Crippen molar-refractivity contribution in [3.05, 3.63) is 0 Å². The van der Waals surface area contributed by atoms with Gasteiger partial charge in [0.1, 0.15) is 12.1 Å². The maximum atomic E-state index is 12.7. The van der Waals surface area contributed by atoms with E-state index in [-0.39, 0.29) is 24.4 Å². The van der Waals surface area contributed by atoms with Gasteiger partial charge >= 0.3 is 6.03 Å². The Morgan fingerprint density at radius 3 is 2.64 bits per heavy atom. The molecular weight excluding hydrogens is 318 g/mol. The Balaban J connectivity index is 1.87. The maximum absolute atomic E-state index is 12.7. The van der Waals surface area contributed by atoms with Crippen LogP contribution in [-0.2, 0) is 9.59 Å². The molecular formula is C19H33N3O3. The predicted molar refractivity (Wildman–Crippen MR) is 97.0 cm³/mol. The van der Waals surface area contributed by atoms with Gasteiger partial charge in [-0.3, -0.25) is 14.5 Å². The van der Waals surface area contributed by atoms with Crippen LogP contribution in [0.3, 0.4) is 0 Å². The molecule has 0 spiro atoms. The number of urea groups is 1. The SMILES string of the molecule is CCCCCC[C@]1(C)NC(=O)N(CC(=O)N[C@@H]2CCCC[C@@H]2C)C1=O. The molecule has 6 nitrogen and oxygen atoms in total. The molecule has 0 aromatic rings. The summed E-state index contributed by atoms with van der Waals surface area (Å²) < 4.78 is 0. The third kappa shape index (κ3) is 4.95. The lowest BCUT2D eigenvalue weighted by Crippen LogP contribution is -2.48. The first-order chi connectivity index (χ1) is 11.9. The van der Waals surface area contributed by atoms with E-state index < -0.39 is 11.6 Å². The smallest absolute Gasteiger partial charge is 0.325 e. The van der Waals surface area contributed by atoms with Crippen LogP contribution in [-0.4, -0.2) is 40.9 Å². The topological polar surface area (TPSA) is 78.5 Å². The van der Waals surface area contributed by atoms with E-state index in [4.69, 9.17) is 0 Å². The van der Waals surface area contributed by atoms with Crippen molar-refractivity contribution in [2.24, 2.45) is 5.92 Å². The van der Waals surface area contributed by atoms with Crippen molar-refractivity contribution < 1.29 is 14.4 Å². The fourth-order valence-corrected chi connectivity index (χ4v) is 3.89. The summed E-state index contributed by atoms with van der Waals surface area (Å²) in [6.07, 6.45) is 9.24. The highest BCUT2D eigenvalue weighted by Gasteiger charge is 2.47. The number of hydrogen-bond donors (Lipinski definition) is 2. The van der Waals surface area contributed by atoms with Crippen molar-refractivity contribution in [2.45, 2.75) is 90.1 Å². The van der Waals surface area contributed by atoms with E-state index in [1.54, 1.807) is 6.92 Å². The van der Waals surface area contributed by atoms with Crippen molar-refractivity contribution in [1.29, 1.82) is 0 Å². The number of unbranched alkanes of at least 4 members (excludes halogenated alkanes) is 3. The quantitative estimate of drug-likeness (QED) is 0.521. The van der Waals surface area contributed by atoms with Crippen molar-refractivity contribution in [3.63, 3.8) is 0 Å². The van der Waals surface area contributed by atoms with Crippen LogP contribution in [0.5, 0.6) is 0 Å². The van der Waals surface area contributed by atoms with Crippen molar-refractivity contribution in [1.82, 2.24) is 15.5 Å². The molecule has 1 aliphatic carbocycles. The van der Waals surface area contributed by atoms with Crippen LogP contribution >= 0.6 is 0 Å². The summed E-state index contributed by atoms with van der Waals surface area (Å²) in [6, 6.07) is -0.294. The average molecular weight is 351 g/mol.